The summed E-state index contributed by atoms with van der Waals surface area (Å²) in [6.45, 7) is 0.747. The largest absolute Gasteiger partial charge is 0.340 e. The molecule has 0 unspecified atom stereocenters. The Balaban J connectivity index is 0.000001000. The molecule has 1 heterocycles. The molecule has 3 nitrogen and oxygen atoms in total. The fraction of sp³-hybridized carbons (Fsp3) is 0.571. The summed E-state index contributed by atoms with van der Waals surface area (Å²) in [4.78, 5) is 4.16. The number of hydrogen-bond acceptors (Lipinski definition) is 2. The molecule has 1 aromatic heterocycles. The number of halogens is 1. The third-order valence-electron chi connectivity index (χ3n) is 1.40. The Kier molecular flexibility index (Phi) is 4.90. The molecule has 0 amide bonds. The van der Waals surface area contributed by atoms with Crippen molar-refractivity contribution in [3.63, 3.8) is 0 Å². The van der Waals surface area contributed by atoms with Crippen molar-refractivity contribution in [1.29, 1.82) is 0 Å². The van der Waals surface area contributed by atoms with Crippen molar-refractivity contribution in [3.05, 3.63) is 18.2 Å². The number of rotatable bonds is 3. The van der Waals surface area contributed by atoms with Crippen LogP contribution in [0.1, 0.15) is 12.1 Å². The second-order valence-corrected chi connectivity index (χ2v) is 2.42. The van der Waals surface area contributed by atoms with Gasteiger partial charge in [0.2, 0.25) is 0 Å². The zero-order valence-corrected chi connectivity index (χ0v) is 7.47. The molecular weight excluding hydrogens is 162 g/mol. The summed E-state index contributed by atoms with van der Waals surface area (Å²) in [6, 6.07) is 0. The molecule has 0 atom stereocenters. The molecule has 0 aliphatic rings. The molecule has 0 saturated carbocycles. The molecular formula is C7H14ClN3. The molecule has 11 heavy (non-hydrogen) atoms. The molecule has 0 saturated heterocycles. The van der Waals surface area contributed by atoms with Gasteiger partial charge in [-0.15, -0.1) is 12.4 Å². The van der Waals surface area contributed by atoms with Crippen LogP contribution in [-0.4, -0.2) is 16.1 Å². The number of aryl methyl sites for hydroxylation is 2. The summed E-state index contributed by atoms with van der Waals surface area (Å²) in [5, 5.41) is 0. The summed E-state index contributed by atoms with van der Waals surface area (Å²) in [5.41, 5.74) is 6.48. The van der Waals surface area contributed by atoms with E-state index in [4.69, 9.17) is 5.73 Å². The Morgan fingerprint density at radius 1 is 1.64 bits per heavy atom. The minimum atomic E-state index is 0. The van der Waals surface area contributed by atoms with Gasteiger partial charge in [-0.05, 0) is 19.4 Å². The molecule has 0 radical (unpaired) electrons. The van der Waals surface area contributed by atoms with Crippen LogP contribution in [0, 0.1) is 0 Å². The van der Waals surface area contributed by atoms with Crippen LogP contribution in [-0.2, 0) is 13.5 Å². The second-order valence-electron chi connectivity index (χ2n) is 2.42. The minimum absolute atomic E-state index is 0. The summed E-state index contributed by atoms with van der Waals surface area (Å²) in [6.07, 6.45) is 5.86. The molecule has 0 fully saturated rings. The number of nitrogens with zero attached hydrogens (tertiary/aromatic N) is 2. The van der Waals surface area contributed by atoms with E-state index < -0.39 is 0 Å². The highest BCUT2D eigenvalue weighted by molar-refractivity contribution is 5.85. The third kappa shape index (κ3) is 3.39. The summed E-state index contributed by atoms with van der Waals surface area (Å²) in [7, 11) is 1.97. The van der Waals surface area contributed by atoms with Gasteiger partial charge in [-0.3, -0.25) is 0 Å². The zero-order valence-electron chi connectivity index (χ0n) is 6.66. The molecule has 0 bridgehead atoms. The number of nitrogens with two attached hydrogens (primary N) is 1. The highest BCUT2D eigenvalue weighted by atomic mass is 35.5. The lowest BCUT2D eigenvalue weighted by atomic mass is 10.2. The Morgan fingerprint density at radius 3 is 2.82 bits per heavy atom. The van der Waals surface area contributed by atoms with Crippen molar-refractivity contribution in [1.82, 2.24) is 9.55 Å². The summed E-state index contributed by atoms with van der Waals surface area (Å²) < 4.78 is 1.95. The lowest BCUT2D eigenvalue weighted by molar-refractivity contribution is 0.814. The van der Waals surface area contributed by atoms with E-state index in [1.54, 1.807) is 0 Å². The number of aromatic nitrogens is 2. The Morgan fingerprint density at radius 2 is 2.36 bits per heavy atom. The van der Waals surface area contributed by atoms with E-state index in [1.807, 2.05) is 24.1 Å². The van der Waals surface area contributed by atoms with Gasteiger partial charge >= 0.3 is 0 Å². The molecule has 2 N–H and O–H groups in total. The van der Waals surface area contributed by atoms with Gasteiger partial charge in [0.15, 0.2) is 0 Å². The van der Waals surface area contributed by atoms with Gasteiger partial charge in [0.05, 0.1) is 12.0 Å². The SMILES string of the molecule is Cl.Cn1cnc(CCCN)c1. The zero-order chi connectivity index (χ0) is 7.40. The summed E-state index contributed by atoms with van der Waals surface area (Å²) in [5.74, 6) is 0. The van der Waals surface area contributed by atoms with E-state index in [0.29, 0.717) is 0 Å². The van der Waals surface area contributed by atoms with E-state index in [2.05, 4.69) is 4.98 Å². The Bertz CT molecular complexity index is 197. The molecule has 1 aromatic rings. The predicted molar refractivity (Wildman–Crippen MR) is 47.8 cm³/mol. The second kappa shape index (κ2) is 5.16. The van der Waals surface area contributed by atoms with Crippen LogP contribution in [0.4, 0.5) is 0 Å². The standard InChI is InChI=1S/C7H13N3.ClH/c1-10-5-7(9-6-10)3-2-4-8;/h5-6H,2-4,8H2,1H3;1H. The maximum absolute atomic E-state index is 5.35. The normalized spacial score (nSPS) is 9.27. The number of imidazole rings is 1. The maximum atomic E-state index is 5.35. The Hall–Kier alpha value is -0.540. The lowest BCUT2D eigenvalue weighted by Crippen LogP contribution is -2.00. The fourth-order valence-corrected chi connectivity index (χ4v) is 0.879. The third-order valence-corrected chi connectivity index (χ3v) is 1.40. The van der Waals surface area contributed by atoms with Crippen LogP contribution in [0.25, 0.3) is 0 Å². The Labute approximate surface area is 73.0 Å². The smallest absolute Gasteiger partial charge is 0.0946 e. The topological polar surface area (TPSA) is 43.8 Å². The molecule has 64 valence electrons. The molecule has 0 aliphatic heterocycles. The first kappa shape index (κ1) is 10.5. The van der Waals surface area contributed by atoms with Crippen molar-refractivity contribution in [2.24, 2.45) is 12.8 Å². The highest BCUT2D eigenvalue weighted by Gasteiger charge is 1.93. The van der Waals surface area contributed by atoms with Crippen LogP contribution in [0.5, 0.6) is 0 Å². The predicted octanol–water partition coefficient (Wildman–Crippen LogP) is 0.733. The fourth-order valence-electron chi connectivity index (χ4n) is 0.879. The molecule has 0 spiro atoms. The monoisotopic (exact) mass is 175 g/mol. The van der Waals surface area contributed by atoms with Crippen LogP contribution in [0.2, 0.25) is 0 Å². The first-order valence-electron chi connectivity index (χ1n) is 3.50. The average molecular weight is 176 g/mol. The first-order valence-corrected chi connectivity index (χ1v) is 3.50. The van der Waals surface area contributed by atoms with Gasteiger partial charge in [0.1, 0.15) is 0 Å². The van der Waals surface area contributed by atoms with Crippen molar-refractivity contribution in [2.75, 3.05) is 6.54 Å². The summed E-state index contributed by atoms with van der Waals surface area (Å²) >= 11 is 0. The van der Waals surface area contributed by atoms with Crippen LogP contribution >= 0.6 is 12.4 Å². The molecule has 1 rings (SSSR count). The van der Waals surface area contributed by atoms with E-state index in [0.717, 1.165) is 25.1 Å². The van der Waals surface area contributed by atoms with Crippen molar-refractivity contribution in [2.45, 2.75) is 12.8 Å². The van der Waals surface area contributed by atoms with Gasteiger partial charge in [0, 0.05) is 13.2 Å². The van der Waals surface area contributed by atoms with Gasteiger partial charge in [-0.2, -0.15) is 0 Å². The molecule has 0 aliphatic carbocycles. The van der Waals surface area contributed by atoms with E-state index in [9.17, 15) is 0 Å². The lowest BCUT2D eigenvalue weighted by Gasteiger charge is -1.90. The van der Waals surface area contributed by atoms with Crippen molar-refractivity contribution < 1.29 is 0 Å². The minimum Gasteiger partial charge on any atom is -0.340 e. The molecule has 4 heteroatoms. The van der Waals surface area contributed by atoms with E-state index in [1.165, 1.54) is 0 Å². The molecule has 0 aromatic carbocycles. The van der Waals surface area contributed by atoms with Gasteiger partial charge in [-0.25, -0.2) is 4.98 Å². The average Bonchev–Trinajstić information content (AvgIpc) is 2.31. The van der Waals surface area contributed by atoms with Gasteiger partial charge in [-0.1, -0.05) is 0 Å². The van der Waals surface area contributed by atoms with E-state index >= 15 is 0 Å². The quantitative estimate of drug-likeness (QED) is 0.737. The van der Waals surface area contributed by atoms with E-state index in [-0.39, 0.29) is 12.4 Å². The van der Waals surface area contributed by atoms with Crippen molar-refractivity contribution >= 4 is 12.4 Å². The highest BCUT2D eigenvalue weighted by Crippen LogP contribution is 1.96. The van der Waals surface area contributed by atoms with Crippen LogP contribution < -0.4 is 5.73 Å². The van der Waals surface area contributed by atoms with Gasteiger partial charge in [0.25, 0.3) is 0 Å². The number of hydrogen-bond donors (Lipinski definition) is 1. The van der Waals surface area contributed by atoms with Crippen molar-refractivity contribution in [3.8, 4) is 0 Å². The first-order chi connectivity index (χ1) is 4.83. The van der Waals surface area contributed by atoms with Gasteiger partial charge < -0.3 is 10.3 Å². The van der Waals surface area contributed by atoms with Crippen LogP contribution in [0.15, 0.2) is 12.5 Å². The maximum Gasteiger partial charge on any atom is 0.0946 e. The van der Waals surface area contributed by atoms with Crippen LogP contribution in [0.3, 0.4) is 0 Å².